The highest BCUT2D eigenvalue weighted by Crippen LogP contribution is 2.35. The topological polar surface area (TPSA) is 213 Å². The van der Waals surface area contributed by atoms with Gasteiger partial charge in [-0.25, -0.2) is 14.6 Å². The number of carboxylic acids is 2. The van der Waals surface area contributed by atoms with Crippen LogP contribution in [0.15, 0.2) is 54.6 Å². The summed E-state index contributed by atoms with van der Waals surface area (Å²) < 4.78 is 63.5. The van der Waals surface area contributed by atoms with Crippen LogP contribution in [0.3, 0.4) is 0 Å². The van der Waals surface area contributed by atoms with Gasteiger partial charge >= 0.3 is 24.3 Å². The molecule has 7 N–H and O–H groups in total. The number of carbonyl (C=O) groups is 3. The number of aliphatic hydroxyl groups excluding tert-OH is 1. The number of nitriles is 1. The number of alkyl halides is 6. The van der Waals surface area contributed by atoms with Gasteiger partial charge in [-0.05, 0) is 35.9 Å². The highest BCUT2D eigenvalue weighted by atomic mass is 19.4. The number of aliphatic carboxylic acids is 2. The van der Waals surface area contributed by atoms with Gasteiger partial charge in [-0.2, -0.15) is 31.6 Å². The molecule has 2 aromatic carbocycles. The van der Waals surface area contributed by atoms with E-state index in [0.717, 1.165) is 26.2 Å². The molecule has 264 valence electrons. The molecular formula is C30H30F6N6O7. The number of carboxylic acid groups (broad SMARTS) is 2. The molecule has 0 atom stereocenters. The first-order chi connectivity index (χ1) is 22.9. The molecule has 1 aliphatic rings. The van der Waals surface area contributed by atoms with Crippen LogP contribution < -0.4 is 11.1 Å². The number of aromatic hydroxyl groups is 1. The van der Waals surface area contributed by atoms with E-state index in [4.69, 9.17) is 30.6 Å². The number of β-amino-alcohol motifs (C(OH)–C–C–N with tert-alkyl or cyclic N) is 1. The molecule has 1 aliphatic heterocycles. The van der Waals surface area contributed by atoms with Crippen molar-refractivity contribution in [2.75, 3.05) is 56.9 Å². The number of phenols is 1. The Morgan fingerprint density at radius 1 is 0.878 bits per heavy atom. The first kappa shape index (κ1) is 39.7. The van der Waals surface area contributed by atoms with Crippen LogP contribution in [0.25, 0.3) is 22.4 Å². The average molecular weight is 701 g/mol. The SMILES string of the molecule is N#Cc1c(-c2cccc(NC(=O)CN3CCN(CCO)CC3)c2)cc(-c2ccccc2O)nc1N.O=C(O)C(F)(F)F.O=C(O)C(F)(F)F. The Bertz CT molecular complexity index is 1630. The number of aliphatic hydroxyl groups is 1. The van der Waals surface area contributed by atoms with Crippen molar-refractivity contribution in [2.45, 2.75) is 12.4 Å². The normalized spacial score (nSPS) is 13.5. The van der Waals surface area contributed by atoms with E-state index in [1.807, 2.05) is 6.07 Å². The van der Waals surface area contributed by atoms with E-state index < -0.39 is 24.3 Å². The minimum atomic E-state index is -5.08. The van der Waals surface area contributed by atoms with Crippen molar-refractivity contribution in [3.63, 3.8) is 0 Å². The molecule has 3 aromatic rings. The van der Waals surface area contributed by atoms with Gasteiger partial charge in [0.05, 0.1) is 18.8 Å². The van der Waals surface area contributed by atoms with Crippen LogP contribution in [0.5, 0.6) is 5.75 Å². The van der Waals surface area contributed by atoms with Crippen LogP contribution in [-0.2, 0) is 14.4 Å². The Balaban J connectivity index is 0.000000500. The second-order valence-electron chi connectivity index (χ2n) is 10.0. The zero-order chi connectivity index (χ0) is 36.9. The van der Waals surface area contributed by atoms with Gasteiger partial charge in [0.25, 0.3) is 0 Å². The molecule has 1 fully saturated rings. The predicted octanol–water partition coefficient (Wildman–Crippen LogP) is 3.39. The second-order valence-corrected chi connectivity index (χ2v) is 10.0. The maximum absolute atomic E-state index is 12.7. The number of piperazine rings is 1. The summed E-state index contributed by atoms with van der Waals surface area (Å²) in [5.41, 5.74) is 9.16. The predicted molar refractivity (Wildman–Crippen MR) is 162 cm³/mol. The molecule has 0 unspecified atom stereocenters. The summed E-state index contributed by atoms with van der Waals surface area (Å²) in [6.45, 7) is 4.26. The number of anilines is 2. The molecule has 2 heterocycles. The number of aromatic nitrogens is 1. The molecule has 0 bridgehead atoms. The number of para-hydroxylation sites is 1. The van der Waals surface area contributed by atoms with Crippen LogP contribution in [0, 0.1) is 11.3 Å². The first-order valence-electron chi connectivity index (χ1n) is 13.9. The van der Waals surface area contributed by atoms with Gasteiger partial charge in [0, 0.05) is 49.5 Å². The van der Waals surface area contributed by atoms with E-state index in [1.165, 1.54) is 0 Å². The summed E-state index contributed by atoms with van der Waals surface area (Å²) in [4.78, 5) is 39.0. The Morgan fingerprint density at radius 3 is 1.94 bits per heavy atom. The molecule has 19 heteroatoms. The van der Waals surface area contributed by atoms with E-state index in [9.17, 15) is 41.5 Å². The number of phenolic OH excluding ortho intramolecular Hbond substituents is 1. The number of hydrogen-bond acceptors (Lipinski definition) is 10. The number of halogens is 6. The van der Waals surface area contributed by atoms with E-state index in [0.29, 0.717) is 34.6 Å². The lowest BCUT2D eigenvalue weighted by atomic mass is 9.98. The van der Waals surface area contributed by atoms with Crippen LogP contribution in [0.1, 0.15) is 5.56 Å². The minimum absolute atomic E-state index is 0.0632. The minimum Gasteiger partial charge on any atom is -0.507 e. The van der Waals surface area contributed by atoms with Crippen molar-refractivity contribution in [3.05, 3.63) is 60.2 Å². The van der Waals surface area contributed by atoms with Crippen molar-refractivity contribution < 1.29 is 61.2 Å². The molecule has 1 amide bonds. The molecule has 0 radical (unpaired) electrons. The van der Waals surface area contributed by atoms with E-state index in [1.54, 1.807) is 48.5 Å². The summed E-state index contributed by atoms with van der Waals surface area (Å²) in [6, 6.07) is 17.9. The third kappa shape index (κ3) is 12.6. The Kier molecular flexibility index (Phi) is 14.3. The Labute approximate surface area is 274 Å². The lowest BCUT2D eigenvalue weighted by Crippen LogP contribution is -2.49. The summed E-state index contributed by atoms with van der Waals surface area (Å²) in [5, 5.41) is 46.2. The van der Waals surface area contributed by atoms with E-state index in [-0.39, 0.29) is 36.2 Å². The van der Waals surface area contributed by atoms with Gasteiger partial charge in [-0.1, -0.05) is 24.3 Å². The number of nitrogens with two attached hydrogens (primary N) is 1. The van der Waals surface area contributed by atoms with Gasteiger partial charge in [-0.15, -0.1) is 0 Å². The van der Waals surface area contributed by atoms with Crippen molar-refractivity contribution in [3.8, 4) is 34.2 Å². The highest BCUT2D eigenvalue weighted by molar-refractivity contribution is 5.93. The molecule has 0 saturated carbocycles. The molecule has 1 saturated heterocycles. The summed E-state index contributed by atoms with van der Waals surface area (Å²) in [6.07, 6.45) is -10.2. The summed E-state index contributed by atoms with van der Waals surface area (Å²) in [7, 11) is 0. The van der Waals surface area contributed by atoms with Gasteiger partial charge < -0.3 is 31.5 Å². The van der Waals surface area contributed by atoms with Crippen molar-refractivity contribution in [1.29, 1.82) is 5.26 Å². The molecular weight excluding hydrogens is 670 g/mol. The standard InChI is InChI=1S/C26H28N6O3.2C2HF3O2/c27-16-22-21(15-23(30-26(22)28)20-6-1-2-7-24(20)34)18-4-3-5-19(14-18)29-25(35)17-32-10-8-31(9-11-32)12-13-33;2*3-2(4,5)1(6)7/h1-7,14-15,33-34H,8-13,17H2,(H2,28,30)(H,29,35);2*(H,6,7). The maximum Gasteiger partial charge on any atom is 0.490 e. The number of pyridine rings is 1. The fraction of sp³-hybridized carbons (Fsp3) is 0.300. The smallest absolute Gasteiger partial charge is 0.490 e. The van der Waals surface area contributed by atoms with Gasteiger partial charge in [-0.3, -0.25) is 14.6 Å². The Morgan fingerprint density at radius 2 is 1.43 bits per heavy atom. The number of nitrogens with zero attached hydrogens (tertiary/aromatic N) is 4. The second kappa shape index (κ2) is 17.6. The molecule has 0 spiro atoms. The van der Waals surface area contributed by atoms with Crippen LogP contribution >= 0.6 is 0 Å². The van der Waals surface area contributed by atoms with Crippen molar-refractivity contribution in [1.82, 2.24) is 14.8 Å². The monoisotopic (exact) mass is 700 g/mol. The highest BCUT2D eigenvalue weighted by Gasteiger charge is 2.38. The third-order valence-electron chi connectivity index (χ3n) is 6.53. The fourth-order valence-corrected chi connectivity index (χ4v) is 4.22. The first-order valence-corrected chi connectivity index (χ1v) is 13.9. The largest absolute Gasteiger partial charge is 0.507 e. The quantitative estimate of drug-likeness (QED) is 0.196. The van der Waals surface area contributed by atoms with Gasteiger partial charge in [0.1, 0.15) is 23.2 Å². The third-order valence-corrected chi connectivity index (χ3v) is 6.53. The molecule has 49 heavy (non-hydrogen) atoms. The molecule has 4 rings (SSSR count). The maximum atomic E-state index is 12.7. The number of hydrogen-bond donors (Lipinski definition) is 6. The lowest BCUT2D eigenvalue weighted by molar-refractivity contribution is -0.193. The number of nitrogens with one attached hydrogen (secondary N) is 1. The molecule has 1 aromatic heterocycles. The number of amides is 1. The number of rotatable bonds is 7. The van der Waals surface area contributed by atoms with Gasteiger partial charge in [0.15, 0.2) is 0 Å². The van der Waals surface area contributed by atoms with E-state index >= 15 is 0 Å². The van der Waals surface area contributed by atoms with Crippen LogP contribution in [0.2, 0.25) is 0 Å². The van der Waals surface area contributed by atoms with Gasteiger partial charge in [0.2, 0.25) is 5.91 Å². The lowest BCUT2D eigenvalue weighted by Gasteiger charge is -2.33. The van der Waals surface area contributed by atoms with Crippen LogP contribution in [-0.4, -0.2) is 111 Å². The van der Waals surface area contributed by atoms with Crippen molar-refractivity contribution in [2.24, 2.45) is 0 Å². The molecule has 0 aliphatic carbocycles. The molecule has 13 nitrogen and oxygen atoms in total. The van der Waals surface area contributed by atoms with E-state index in [2.05, 4.69) is 26.2 Å². The fourth-order valence-electron chi connectivity index (χ4n) is 4.22. The Hall–Kier alpha value is -5.45. The number of carbonyl (C=O) groups excluding carboxylic acids is 1. The zero-order valence-electron chi connectivity index (χ0n) is 25.3. The number of benzene rings is 2. The van der Waals surface area contributed by atoms with Crippen molar-refractivity contribution >= 4 is 29.4 Å². The zero-order valence-corrected chi connectivity index (χ0v) is 25.3. The number of nitrogen functional groups attached to an aromatic ring is 1. The summed E-state index contributed by atoms with van der Waals surface area (Å²) >= 11 is 0. The average Bonchev–Trinajstić information content (AvgIpc) is 3.02. The summed E-state index contributed by atoms with van der Waals surface area (Å²) in [5.74, 6) is -5.51. The van der Waals surface area contributed by atoms with Crippen LogP contribution in [0.4, 0.5) is 37.8 Å².